The predicted octanol–water partition coefficient (Wildman–Crippen LogP) is 2.69. The average molecular weight is 275 g/mol. The van der Waals surface area contributed by atoms with Crippen molar-refractivity contribution < 1.29 is 0 Å². The zero-order chi connectivity index (χ0) is 14.4. The molecule has 0 saturated carbocycles. The van der Waals surface area contributed by atoms with Gasteiger partial charge in [0.15, 0.2) is 0 Å². The van der Waals surface area contributed by atoms with Crippen molar-refractivity contribution in [3.05, 3.63) is 18.5 Å². The Kier molecular flexibility index (Phi) is 4.95. The quantitative estimate of drug-likeness (QED) is 0.584. The molecule has 0 amide bonds. The maximum absolute atomic E-state index is 4.25. The van der Waals surface area contributed by atoms with Gasteiger partial charge in [-0.3, -0.25) is 10.4 Å². The highest BCUT2D eigenvalue weighted by molar-refractivity contribution is 5.65. The van der Waals surface area contributed by atoms with Crippen molar-refractivity contribution in [1.29, 1.82) is 0 Å². The van der Waals surface area contributed by atoms with Crippen LogP contribution in [0.3, 0.4) is 0 Å². The van der Waals surface area contributed by atoms with Gasteiger partial charge >= 0.3 is 0 Å². The van der Waals surface area contributed by atoms with Crippen LogP contribution in [0.25, 0.3) is 0 Å². The van der Waals surface area contributed by atoms with Crippen LogP contribution >= 0.6 is 0 Å². The minimum absolute atomic E-state index is 0.0748. The Morgan fingerprint density at radius 1 is 1.25 bits per heavy atom. The zero-order valence-electron chi connectivity index (χ0n) is 12.6. The number of aromatic nitrogens is 1. The minimum atomic E-state index is 0.0748. The lowest BCUT2D eigenvalue weighted by molar-refractivity contribution is 0.479. The SMILES string of the molecule is CC(C)(C)/C=N\Nc1cncc(NC2CCNCC2)c1. The monoisotopic (exact) mass is 275 g/mol. The Morgan fingerprint density at radius 3 is 2.65 bits per heavy atom. The van der Waals surface area contributed by atoms with Crippen LogP contribution < -0.4 is 16.1 Å². The number of nitrogens with one attached hydrogen (secondary N) is 3. The highest BCUT2D eigenvalue weighted by atomic mass is 15.3. The number of pyridine rings is 1. The van der Waals surface area contributed by atoms with Crippen LogP contribution in [0.2, 0.25) is 0 Å². The van der Waals surface area contributed by atoms with Crippen molar-refractivity contribution in [1.82, 2.24) is 10.3 Å². The fourth-order valence-corrected chi connectivity index (χ4v) is 2.08. The molecule has 20 heavy (non-hydrogen) atoms. The lowest BCUT2D eigenvalue weighted by Crippen LogP contribution is -2.35. The van der Waals surface area contributed by atoms with E-state index in [0.29, 0.717) is 6.04 Å². The number of anilines is 2. The van der Waals surface area contributed by atoms with Crippen LogP contribution in [0.4, 0.5) is 11.4 Å². The molecule has 0 aliphatic carbocycles. The average Bonchev–Trinajstić information content (AvgIpc) is 2.39. The largest absolute Gasteiger partial charge is 0.381 e. The second-order valence-corrected chi connectivity index (χ2v) is 6.37. The third-order valence-electron chi connectivity index (χ3n) is 3.09. The van der Waals surface area contributed by atoms with Gasteiger partial charge in [0.1, 0.15) is 0 Å². The number of nitrogens with zero attached hydrogens (tertiary/aromatic N) is 2. The second-order valence-electron chi connectivity index (χ2n) is 6.37. The third kappa shape index (κ3) is 5.17. The molecule has 0 atom stereocenters. The van der Waals surface area contributed by atoms with E-state index < -0.39 is 0 Å². The van der Waals surface area contributed by atoms with Crippen molar-refractivity contribution in [2.75, 3.05) is 23.8 Å². The standard InChI is InChI=1S/C15H25N5/c1-15(2,3)11-18-20-14-8-13(9-17-10-14)19-12-4-6-16-7-5-12/h8-12,16,19-20H,4-7H2,1-3H3/b18-11-. The van der Waals surface area contributed by atoms with Gasteiger partial charge in [-0.05, 0) is 37.4 Å². The molecule has 0 spiro atoms. The van der Waals surface area contributed by atoms with E-state index in [1.54, 1.807) is 6.20 Å². The van der Waals surface area contributed by atoms with Crippen LogP contribution in [0.1, 0.15) is 33.6 Å². The molecule has 0 aromatic carbocycles. The van der Waals surface area contributed by atoms with E-state index in [2.05, 4.69) is 53.0 Å². The van der Waals surface area contributed by atoms with Crippen molar-refractivity contribution in [2.45, 2.75) is 39.7 Å². The molecule has 0 bridgehead atoms. The van der Waals surface area contributed by atoms with Crippen LogP contribution in [0.15, 0.2) is 23.6 Å². The first kappa shape index (κ1) is 14.8. The van der Waals surface area contributed by atoms with Gasteiger partial charge in [-0.2, -0.15) is 5.10 Å². The van der Waals surface area contributed by atoms with Crippen molar-refractivity contribution in [3.8, 4) is 0 Å². The molecule has 3 N–H and O–H groups in total. The van der Waals surface area contributed by atoms with Gasteiger partial charge in [-0.1, -0.05) is 20.8 Å². The molecular formula is C15H25N5. The topological polar surface area (TPSA) is 61.3 Å². The highest BCUT2D eigenvalue weighted by Crippen LogP contribution is 2.17. The van der Waals surface area contributed by atoms with Crippen LogP contribution in [0.5, 0.6) is 0 Å². The molecule has 2 heterocycles. The first-order chi connectivity index (χ1) is 9.53. The molecule has 1 aliphatic heterocycles. The minimum Gasteiger partial charge on any atom is -0.381 e. The molecule has 2 rings (SSSR count). The third-order valence-corrected chi connectivity index (χ3v) is 3.09. The Morgan fingerprint density at radius 2 is 1.95 bits per heavy atom. The Labute approximate surface area is 121 Å². The summed E-state index contributed by atoms with van der Waals surface area (Å²) in [4.78, 5) is 4.25. The molecular weight excluding hydrogens is 250 g/mol. The number of piperidine rings is 1. The van der Waals surface area contributed by atoms with E-state index in [-0.39, 0.29) is 5.41 Å². The molecule has 1 aromatic heterocycles. The summed E-state index contributed by atoms with van der Waals surface area (Å²) in [6.07, 6.45) is 7.86. The normalized spacial score (nSPS) is 17.4. The Hall–Kier alpha value is -1.62. The summed E-state index contributed by atoms with van der Waals surface area (Å²) in [5.74, 6) is 0. The molecule has 0 radical (unpaired) electrons. The van der Waals surface area contributed by atoms with Crippen molar-refractivity contribution >= 4 is 17.6 Å². The molecule has 1 fully saturated rings. The first-order valence-electron chi connectivity index (χ1n) is 7.25. The predicted molar refractivity (Wildman–Crippen MR) is 85.3 cm³/mol. The molecule has 0 unspecified atom stereocenters. The lowest BCUT2D eigenvalue weighted by atomic mass is 9.99. The lowest BCUT2D eigenvalue weighted by Gasteiger charge is -2.24. The number of hydrogen-bond donors (Lipinski definition) is 3. The molecule has 5 heteroatoms. The summed E-state index contributed by atoms with van der Waals surface area (Å²) in [5, 5.41) is 11.1. The fraction of sp³-hybridized carbons (Fsp3) is 0.600. The smallest absolute Gasteiger partial charge is 0.0765 e. The molecule has 5 nitrogen and oxygen atoms in total. The molecule has 110 valence electrons. The van der Waals surface area contributed by atoms with Crippen molar-refractivity contribution in [3.63, 3.8) is 0 Å². The number of rotatable bonds is 4. The van der Waals surface area contributed by atoms with E-state index >= 15 is 0 Å². The van der Waals surface area contributed by atoms with E-state index in [0.717, 1.165) is 37.3 Å². The number of hydrogen-bond acceptors (Lipinski definition) is 5. The second kappa shape index (κ2) is 6.70. The van der Waals surface area contributed by atoms with Gasteiger partial charge in [0.2, 0.25) is 0 Å². The summed E-state index contributed by atoms with van der Waals surface area (Å²) in [6.45, 7) is 8.51. The molecule has 1 aliphatic rings. The molecule has 1 saturated heterocycles. The summed E-state index contributed by atoms with van der Waals surface area (Å²) in [5.41, 5.74) is 5.06. The summed E-state index contributed by atoms with van der Waals surface area (Å²) >= 11 is 0. The van der Waals surface area contributed by atoms with Gasteiger partial charge in [0.25, 0.3) is 0 Å². The van der Waals surface area contributed by atoms with Crippen LogP contribution in [0, 0.1) is 5.41 Å². The van der Waals surface area contributed by atoms with E-state index in [1.165, 1.54) is 0 Å². The number of hydrazone groups is 1. The van der Waals surface area contributed by atoms with E-state index in [9.17, 15) is 0 Å². The van der Waals surface area contributed by atoms with Crippen molar-refractivity contribution in [2.24, 2.45) is 10.5 Å². The van der Waals surface area contributed by atoms with Crippen LogP contribution in [-0.2, 0) is 0 Å². The first-order valence-corrected chi connectivity index (χ1v) is 7.25. The summed E-state index contributed by atoms with van der Waals surface area (Å²) < 4.78 is 0. The van der Waals surface area contributed by atoms with Gasteiger partial charge in [0.05, 0.1) is 23.8 Å². The van der Waals surface area contributed by atoms with Gasteiger partial charge in [0, 0.05) is 12.3 Å². The maximum atomic E-state index is 4.25. The Balaban J connectivity index is 1.91. The zero-order valence-corrected chi connectivity index (χ0v) is 12.6. The fourth-order valence-electron chi connectivity index (χ4n) is 2.08. The summed E-state index contributed by atoms with van der Waals surface area (Å²) in [6, 6.07) is 2.58. The summed E-state index contributed by atoms with van der Waals surface area (Å²) in [7, 11) is 0. The van der Waals surface area contributed by atoms with Gasteiger partial charge in [-0.15, -0.1) is 0 Å². The van der Waals surface area contributed by atoms with Crippen LogP contribution in [-0.4, -0.2) is 30.3 Å². The van der Waals surface area contributed by atoms with E-state index in [4.69, 9.17) is 0 Å². The maximum Gasteiger partial charge on any atom is 0.0765 e. The van der Waals surface area contributed by atoms with Gasteiger partial charge in [-0.25, -0.2) is 0 Å². The molecule has 1 aromatic rings. The van der Waals surface area contributed by atoms with Gasteiger partial charge < -0.3 is 10.6 Å². The highest BCUT2D eigenvalue weighted by Gasteiger charge is 2.12. The Bertz CT molecular complexity index is 444. The van der Waals surface area contributed by atoms with E-state index in [1.807, 2.05) is 12.4 Å².